The first-order chi connectivity index (χ1) is 12.3. The number of halogens is 1. The molecule has 2 rings (SSSR count). The maximum absolute atomic E-state index is 12.0. The molecule has 2 aromatic rings. The van der Waals surface area contributed by atoms with Gasteiger partial charge in [-0.2, -0.15) is 12.6 Å². The Balaban J connectivity index is 1.84. The fourth-order valence-electron chi connectivity index (χ4n) is 2.29. The number of amides is 1. The highest BCUT2D eigenvalue weighted by atomic mass is 35.5. The van der Waals surface area contributed by atoms with E-state index in [-0.39, 0.29) is 17.4 Å². The Morgan fingerprint density at radius 1 is 1.08 bits per heavy atom. The number of nitrogens with one attached hydrogen (secondary N) is 1. The van der Waals surface area contributed by atoms with Crippen molar-refractivity contribution in [2.75, 3.05) is 12.3 Å². The van der Waals surface area contributed by atoms with Crippen LogP contribution in [0.3, 0.4) is 0 Å². The minimum absolute atomic E-state index is 0.0742. The van der Waals surface area contributed by atoms with Crippen LogP contribution in [0.25, 0.3) is 0 Å². The molecular weight excluding hydrogens is 370 g/mol. The lowest BCUT2D eigenvalue weighted by Crippen LogP contribution is -2.39. The van der Waals surface area contributed by atoms with E-state index in [1.54, 1.807) is 38.1 Å². The van der Waals surface area contributed by atoms with Gasteiger partial charge in [0.2, 0.25) is 0 Å². The molecule has 0 aliphatic heterocycles. The number of carbonyl (C=O) groups excluding carboxylic acids is 2. The number of ketones is 1. The van der Waals surface area contributed by atoms with Gasteiger partial charge in [-0.3, -0.25) is 9.59 Å². The van der Waals surface area contributed by atoms with Crippen molar-refractivity contribution < 1.29 is 14.3 Å². The zero-order chi connectivity index (χ0) is 19.2. The molecule has 0 aliphatic rings. The van der Waals surface area contributed by atoms with Crippen LogP contribution >= 0.6 is 24.2 Å². The minimum Gasteiger partial charge on any atom is -0.480 e. The third kappa shape index (κ3) is 5.78. The van der Waals surface area contributed by atoms with E-state index in [9.17, 15) is 9.59 Å². The normalized spacial score (nSPS) is 11.1. The molecule has 0 fully saturated rings. The summed E-state index contributed by atoms with van der Waals surface area (Å²) in [5.74, 6) is 0.556. The Hall–Kier alpha value is -1.98. The molecule has 1 N–H and O–H groups in total. The van der Waals surface area contributed by atoms with Gasteiger partial charge in [0, 0.05) is 17.1 Å². The standard InChI is InChI=1S/C20H22ClNO3S/c1-20(2,18(23)13-26)25-17-9-3-14(4-10-17)11-12-22-19(24)15-5-7-16(21)8-6-15/h3-10,26H,11-13H2,1-2H3,(H,22,24). The Morgan fingerprint density at radius 2 is 1.69 bits per heavy atom. The lowest BCUT2D eigenvalue weighted by Gasteiger charge is -2.24. The summed E-state index contributed by atoms with van der Waals surface area (Å²) in [5, 5.41) is 3.48. The second-order valence-electron chi connectivity index (χ2n) is 6.35. The predicted molar refractivity (Wildman–Crippen MR) is 107 cm³/mol. The molecular formula is C20H22ClNO3S. The smallest absolute Gasteiger partial charge is 0.251 e. The summed E-state index contributed by atoms with van der Waals surface area (Å²) in [6.45, 7) is 3.98. The minimum atomic E-state index is -0.907. The number of rotatable bonds is 8. The van der Waals surface area contributed by atoms with Crippen molar-refractivity contribution in [3.8, 4) is 5.75 Å². The molecule has 0 bridgehead atoms. The van der Waals surface area contributed by atoms with Crippen LogP contribution in [0, 0.1) is 0 Å². The zero-order valence-electron chi connectivity index (χ0n) is 14.8. The number of thiol groups is 1. The Morgan fingerprint density at radius 3 is 2.27 bits per heavy atom. The molecule has 0 saturated heterocycles. The van der Waals surface area contributed by atoms with Crippen molar-refractivity contribution in [2.45, 2.75) is 25.9 Å². The molecule has 0 spiro atoms. The van der Waals surface area contributed by atoms with Gasteiger partial charge in [-0.1, -0.05) is 23.7 Å². The molecule has 138 valence electrons. The molecule has 4 nitrogen and oxygen atoms in total. The van der Waals surface area contributed by atoms with Crippen LogP contribution in [0.1, 0.15) is 29.8 Å². The second-order valence-corrected chi connectivity index (χ2v) is 7.10. The van der Waals surface area contributed by atoms with Crippen LogP contribution < -0.4 is 10.1 Å². The fourth-order valence-corrected chi connectivity index (χ4v) is 2.80. The quantitative estimate of drug-likeness (QED) is 0.669. The van der Waals surface area contributed by atoms with Gasteiger partial charge in [0.25, 0.3) is 5.91 Å². The highest BCUT2D eigenvalue weighted by molar-refractivity contribution is 7.81. The van der Waals surface area contributed by atoms with Crippen LogP contribution in [-0.2, 0) is 11.2 Å². The summed E-state index contributed by atoms with van der Waals surface area (Å²) in [6.07, 6.45) is 0.693. The summed E-state index contributed by atoms with van der Waals surface area (Å²) in [5.41, 5.74) is 0.733. The van der Waals surface area contributed by atoms with Gasteiger partial charge in [-0.05, 0) is 62.2 Å². The third-order valence-corrected chi connectivity index (χ3v) is 4.46. The van der Waals surface area contributed by atoms with E-state index in [1.165, 1.54) is 0 Å². The van der Waals surface area contributed by atoms with Crippen molar-refractivity contribution in [3.05, 3.63) is 64.7 Å². The highest BCUT2D eigenvalue weighted by Gasteiger charge is 2.28. The van der Waals surface area contributed by atoms with Crippen molar-refractivity contribution in [2.24, 2.45) is 0 Å². The van der Waals surface area contributed by atoms with Gasteiger partial charge in [0.05, 0.1) is 5.75 Å². The van der Waals surface area contributed by atoms with Gasteiger partial charge < -0.3 is 10.1 Å². The van der Waals surface area contributed by atoms with E-state index in [4.69, 9.17) is 16.3 Å². The molecule has 0 aliphatic carbocycles. The Labute approximate surface area is 164 Å². The lowest BCUT2D eigenvalue weighted by molar-refractivity contribution is -0.129. The molecule has 2 aromatic carbocycles. The average molecular weight is 392 g/mol. The summed E-state index contributed by atoms with van der Waals surface area (Å²) in [7, 11) is 0. The molecule has 0 aromatic heterocycles. The van der Waals surface area contributed by atoms with Crippen molar-refractivity contribution in [3.63, 3.8) is 0 Å². The van der Waals surface area contributed by atoms with Gasteiger partial charge in [0.15, 0.2) is 11.4 Å². The van der Waals surface area contributed by atoms with Gasteiger partial charge in [-0.25, -0.2) is 0 Å². The SMILES string of the molecule is CC(C)(Oc1ccc(CCNC(=O)c2ccc(Cl)cc2)cc1)C(=O)CS. The number of carbonyl (C=O) groups is 2. The molecule has 1 amide bonds. The van der Waals surface area contributed by atoms with Crippen LogP contribution in [0.15, 0.2) is 48.5 Å². The third-order valence-electron chi connectivity index (χ3n) is 3.92. The molecule has 0 atom stereocenters. The summed E-state index contributed by atoms with van der Waals surface area (Å²) in [4.78, 5) is 23.8. The maximum Gasteiger partial charge on any atom is 0.251 e. The largest absolute Gasteiger partial charge is 0.480 e. The first-order valence-electron chi connectivity index (χ1n) is 8.28. The number of hydrogen-bond donors (Lipinski definition) is 2. The van der Waals surface area contributed by atoms with Gasteiger partial charge >= 0.3 is 0 Å². The highest BCUT2D eigenvalue weighted by Crippen LogP contribution is 2.20. The molecule has 0 radical (unpaired) electrons. The topological polar surface area (TPSA) is 55.4 Å². The zero-order valence-corrected chi connectivity index (χ0v) is 16.4. The van der Waals surface area contributed by atoms with Gasteiger partial charge in [0.1, 0.15) is 5.75 Å². The van der Waals surface area contributed by atoms with Crippen LogP contribution in [0.5, 0.6) is 5.75 Å². The molecule has 26 heavy (non-hydrogen) atoms. The number of Topliss-reactive ketones (excluding diaryl/α,β-unsaturated/α-hetero) is 1. The van der Waals surface area contributed by atoms with Crippen LogP contribution in [0.2, 0.25) is 5.02 Å². The van der Waals surface area contributed by atoms with Crippen molar-refractivity contribution in [1.29, 1.82) is 0 Å². The average Bonchev–Trinajstić information content (AvgIpc) is 2.62. The van der Waals surface area contributed by atoms with E-state index in [1.807, 2.05) is 24.3 Å². The second kappa shape index (κ2) is 9.10. The Kier molecular flexibility index (Phi) is 7.12. The van der Waals surface area contributed by atoms with Crippen molar-refractivity contribution in [1.82, 2.24) is 5.32 Å². The van der Waals surface area contributed by atoms with E-state index < -0.39 is 5.60 Å². The first-order valence-corrected chi connectivity index (χ1v) is 9.29. The molecule has 0 unspecified atom stereocenters. The first kappa shape index (κ1) is 20.3. The number of benzene rings is 2. The van der Waals surface area contributed by atoms with Crippen molar-refractivity contribution >= 4 is 35.9 Å². The molecule has 6 heteroatoms. The maximum atomic E-state index is 12.0. The summed E-state index contributed by atoms with van der Waals surface area (Å²) in [6, 6.07) is 14.3. The monoisotopic (exact) mass is 391 g/mol. The van der Waals surface area contributed by atoms with E-state index in [0.717, 1.165) is 5.56 Å². The predicted octanol–water partition coefficient (Wildman–Crippen LogP) is 3.97. The van der Waals surface area contributed by atoms with E-state index in [0.29, 0.717) is 29.3 Å². The van der Waals surface area contributed by atoms with Crippen LogP contribution in [0.4, 0.5) is 0 Å². The number of hydrogen-bond acceptors (Lipinski definition) is 4. The van der Waals surface area contributed by atoms with E-state index in [2.05, 4.69) is 17.9 Å². The summed E-state index contributed by atoms with van der Waals surface area (Å²) < 4.78 is 5.74. The number of ether oxygens (including phenoxy) is 1. The van der Waals surface area contributed by atoms with E-state index >= 15 is 0 Å². The molecule has 0 heterocycles. The van der Waals surface area contributed by atoms with Crippen LogP contribution in [-0.4, -0.2) is 29.6 Å². The Bertz CT molecular complexity index is 758. The fraction of sp³-hybridized carbons (Fsp3) is 0.300. The lowest BCUT2D eigenvalue weighted by atomic mass is 10.0. The molecule has 0 saturated carbocycles. The summed E-state index contributed by atoms with van der Waals surface area (Å²) >= 11 is 9.82. The van der Waals surface area contributed by atoms with Gasteiger partial charge in [-0.15, -0.1) is 0 Å².